The largest absolute Gasteiger partial charge is 0.355 e. The van der Waals surface area contributed by atoms with E-state index in [4.69, 9.17) is 4.98 Å². The van der Waals surface area contributed by atoms with Crippen LogP contribution in [0.5, 0.6) is 0 Å². The minimum Gasteiger partial charge on any atom is -0.355 e. The van der Waals surface area contributed by atoms with Gasteiger partial charge in [0.25, 0.3) is 11.8 Å². The molecule has 4 aromatic rings. The highest BCUT2D eigenvalue weighted by Gasteiger charge is 2.13. The third kappa shape index (κ3) is 4.91. The van der Waals surface area contributed by atoms with Crippen molar-refractivity contribution in [2.75, 3.05) is 33.2 Å². The average molecular weight is 464 g/mol. The van der Waals surface area contributed by atoms with Gasteiger partial charge in [-0.2, -0.15) is 0 Å². The van der Waals surface area contributed by atoms with Crippen LogP contribution in [0.3, 0.4) is 0 Å². The monoisotopic (exact) mass is 463 g/mol. The molecule has 7 nitrogen and oxygen atoms in total. The Balaban J connectivity index is 1.47. The Hall–Kier alpha value is -3.23. The predicted molar refractivity (Wildman–Crippen MR) is 134 cm³/mol. The zero-order valence-electron chi connectivity index (χ0n) is 19.2. The number of hydrogen-bond donors (Lipinski definition) is 2. The fraction of sp³-hybridized carbons (Fsp3) is 0.320. The van der Waals surface area contributed by atoms with Gasteiger partial charge in [0, 0.05) is 36.5 Å². The first-order chi connectivity index (χ1) is 16.0. The lowest BCUT2D eigenvalue weighted by Gasteiger charge is -2.17. The summed E-state index contributed by atoms with van der Waals surface area (Å²) in [4.78, 5) is 32.3. The Morgan fingerprint density at radius 3 is 2.45 bits per heavy atom. The number of amides is 2. The SMILES string of the molecule is CCN(CC)CCCNC(=O)c1ccc2c(c1)sc1nc(-c3ccc(C(=O)NC)cc3)cn12. The van der Waals surface area contributed by atoms with E-state index in [1.807, 2.05) is 40.9 Å². The van der Waals surface area contributed by atoms with E-state index in [0.717, 1.165) is 52.5 Å². The van der Waals surface area contributed by atoms with Gasteiger partial charge in [-0.05, 0) is 56.4 Å². The van der Waals surface area contributed by atoms with Crippen molar-refractivity contribution >= 4 is 38.3 Å². The first kappa shape index (κ1) is 22.9. The van der Waals surface area contributed by atoms with Gasteiger partial charge in [-0.1, -0.05) is 37.3 Å². The fourth-order valence-corrected chi connectivity index (χ4v) is 4.91. The molecule has 0 bridgehead atoms. The molecule has 8 heteroatoms. The van der Waals surface area contributed by atoms with Crippen LogP contribution in [0.25, 0.3) is 26.4 Å². The Kier molecular flexibility index (Phi) is 7.05. The van der Waals surface area contributed by atoms with E-state index in [2.05, 4.69) is 29.4 Å². The highest BCUT2D eigenvalue weighted by Crippen LogP contribution is 2.30. The molecule has 172 valence electrons. The van der Waals surface area contributed by atoms with Gasteiger partial charge in [0.2, 0.25) is 0 Å². The molecule has 2 amide bonds. The summed E-state index contributed by atoms with van der Waals surface area (Å²) in [6, 6.07) is 13.2. The summed E-state index contributed by atoms with van der Waals surface area (Å²) < 4.78 is 3.07. The summed E-state index contributed by atoms with van der Waals surface area (Å²) in [5, 5.41) is 5.66. The van der Waals surface area contributed by atoms with Crippen LogP contribution in [-0.4, -0.2) is 59.3 Å². The maximum atomic E-state index is 12.6. The molecule has 4 rings (SSSR count). The minimum absolute atomic E-state index is 0.0422. The molecule has 0 aliphatic rings. The summed E-state index contributed by atoms with van der Waals surface area (Å²) in [5.74, 6) is -0.151. The highest BCUT2D eigenvalue weighted by molar-refractivity contribution is 7.23. The maximum absolute atomic E-state index is 12.6. The quantitative estimate of drug-likeness (QED) is 0.367. The van der Waals surface area contributed by atoms with Gasteiger partial charge < -0.3 is 15.5 Å². The van der Waals surface area contributed by atoms with Crippen LogP contribution in [0.4, 0.5) is 0 Å². The van der Waals surface area contributed by atoms with Crippen LogP contribution in [0, 0.1) is 0 Å². The first-order valence-electron chi connectivity index (χ1n) is 11.3. The second-order valence-corrected chi connectivity index (χ2v) is 8.87. The standard InChI is InChI=1S/C25H29N5O2S/c1-4-29(5-2)14-6-13-27-24(32)19-11-12-21-22(15-19)33-25-28-20(16-30(21)25)17-7-9-18(10-8-17)23(31)26-3/h7-12,15-16H,4-6,13-14H2,1-3H3,(H,26,31)(H,27,32). The predicted octanol–water partition coefficient (Wildman–Crippen LogP) is 4.04. The normalized spacial score (nSPS) is 11.4. The molecule has 0 aliphatic carbocycles. The van der Waals surface area contributed by atoms with Crippen LogP contribution < -0.4 is 10.6 Å². The maximum Gasteiger partial charge on any atom is 0.251 e. The van der Waals surface area contributed by atoms with E-state index in [9.17, 15) is 9.59 Å². The van der Waals surface area contributed by atoms with Crippen LogP contribution in [0.1, 0.15) is 41.0 Å². The molecular formula is C25H29N5O2S. The van der Waals surface area contributed by atoms with Crippen molar-refractivity contribution in [1.82, 2.24) is 24.9 Å². The van der Waals surface area contributed by atoms with Crippen molar-refractivity contribution in [3.63, 3.8) is 0 Å². The molecule has 33 heavy (non-hydrogen) atoms. The van der Waals surface area contributed by atoms with E-state index >= 15 is 0 Å². The van der Waals surface area contributed by atoms with Crippen molar-refractivity contribution in [2.24, 2.45) is 0 Å². The first-order valence-corrected chi connectivity index (χ1v) is 12.1. The minimum atomic E-state index is -0.109. The van der Waals surface area contributed by atoms with E-state index < -0.39 is 0 Å². The second-order valence-electron chi connectivity index (χ2n) is 7.86. The Morgan fingerprint density at radius 1 is 1.03 bits per heavy atom. The molecule has 0 spiro atoms. The topological polar surface area (TPSA) is 78.7 Å². The molecule has 0 aliphatic heterocycles. The number of nitrogens with zero attached hydrogens (tertiary/aromatic N) is 3. The Labute approximate surface area is 197 Å². The van der Waals surface area contributed by atoms with Crippen LogP contribution in [0.15, 0.2) is 48.7 Å². The van der Waals surface area contributed by atoms with Crippen molar-refractivity contribution in [1.29, 1.82) is 0 Å². The van der Waals surface area contributed by atoms with Crippen LogP contribution in [0.2, 0.25) is 0 Å². The van der Waals surface area contributed by atoms with E-state index in [1.165, 1.54) is 0 Å². The van der Waals surface area contributed by atoms with Crippen LogP contribution in [-0.2, 0) is 0 Å². The Morgan fingerprint density at radius 2 is 1.76 bits per heavy atom. The Bertz CT molecular complexity index is 1270. The third-order valence-corrected chi connectivity index (χ3v) is 6.87. The van der Waals surface area contributed by atoms with Gasteiger partial charge in [0.15, 0.2) is 4.96 Å². The molecule has 0 unspecified atom stereocenters. The third-order valence-electron chi connectivity index (χ3n) is 5.86. The fourth-order valence-electron chi connectivity index (χ4n) is 3.86. The summed E-state index contributed by atoms with van der Waals surface area (Å²) >= 11 is 1.56. The molecule has 0 atom stereocenters. The molecule has 2 aromatic heterocycles. The van der Waals surface area contributed by atoms with E-state index in [0.29, 0.717) is 17.7 Å². The molecule has 0 fully saturated rings. The summed E-state index contributed by atoms with van der Waals surface area (Å²) in [6.07, 6.45) is 2.94. The lowest BCUT2D eigenvalue weighted by atomic mass is 10.1. The number of rotatable bonds is 9. The summed E-state index contributed by atoms with van der Waals surface area (Å²) in [6.45, 7) is 8.03. The van der Waals surface area contributed by atoms with E-state index in [-0.39, 0.29) is 11.8 Å². The number of nitrogens with one attached hydrogen (secondary N) is 2. The van der Waals surface area contributed by atoms with Gasteiger partial charge in [-0.3, -0.25) is 14.0 Å². The van der Waals surface area contributed by atoms with Crippen molar-refractivity contribution in [2.45, 2.75) is 20.3 Å². The average Bonchev–Trinajstić information content (AvgIpc) is 3.41. The number of imidazole rings is 1. The van der Waals surface area contributed by atoms with E-state index in [1.54, 1.807) is 30.5 Å². The zero-order chi connectivity index (χ0) is 23.4. The number of carbonyl (C=O) groups is 2. The van der Waals surface area contributed by atoms with Gasteiger partial charge in [0.1, 0.15) is 0 Å². The number of hydrogen-bond acceptors (Lipinski definition) is 5. The zero-order valence-corrected chi connectivity index (χ0v) is 20.0. The van der Waals surface area contributed by atoms with Crippen molar-refractivity contribution in [3.8, 4) is 11.3 Å². The van der Waals surface area contributed by atoms with Crippen LogP contribution >= 0.6 is 11.3 Å². The van der Waals surface area contributed by atoms with Gasteiger partial charge in [-0.25, -0.2) is 4.98 Å². The van der Waals surface area contributed by atoms with Crippen molar-refractivity contribution < 1.29 is 9.59 Å². The molecular weight excluding hydrogens is 434 g/mol. The number of fused-ring (bicyclic) bond motifs is 3. The smallest absolute Gasteiger partial charge is 0.251 e. The number of carbonyl (C=O) groups excluding carboxylic acids is 2. The molecule has 2 heterocycles. The van der Waals surface area contributed by atoms with Gasteiger partial charge in [0.05, 0.1) is 15.9 Å². The molecule has 0 saturated carbocycles. The lowest BCUT2D eigenvalue weighted by molar-refractivity contribution is 0.0947. The lowest BCUT2D eigenvalue weighted by Crippen LogP contribution is -2.29. The van der Waals surface area contributed by atoms with Gasteiger partial charge >= 0.3 is 0 Å². The number of benzene rings is 2. The number of thiazole rings is 1. The van der Waals surface area contributed by atoms with Gasteiger partial charge in [-0.15, -0.1) is 0 Å². The molecule has 0 radical (unpaired) electrons. The van der Waals surface area contributed by atoms with Crippen molar-refractivity contribution in [3.05, 3.63) is 59.8 Å². The molecule has 2 N–H and O–H groups in total. The highest BCUT2D eigenvalue weighted by atomic mass is 32.1. The molecule has 0 saturated heterocycles. The summed E-state index contributed by atoms with van der Waals surface area (Å²) in [7, 11) is 1.62. The summed E-state index contributed by atoms with van der Waals surface area (Å²) in [5.41, 5.74) is 4.11. The second kappa shape index (κ2) is 10.1. The molecule has 2 aromatic carbocycles. The number of aromatic nitrogens is 2.